The van der Waals surface area contributed by atoms with Gasteiger partial charge in [-0.25, -0.2) is 0 Å². The van der Waals surface area contributed by atoms with Crippen LogP contribution in [0.5, 0.6) is 0 Å². The molecule has 14 nitrogen and oxygen atoms in total. The van der Waals surface area contributed by atoms with E-state index in [2.05, 4.69) is 0 Å². The van der Waals surface area contributed by atoms with Crippen molar-refractivity contribution in [3.05, 3.63) is 30.6 Å². The van der Waals surface area contributed by atoms with Gasteiger partial charge in [-0.3, -0.25) is 0 Å². The van der Waals surface area contributed by atoms with Crippen LogP contribution < -0.4 is 36.9 Å². The second-order valence-corrected chi connectivity index (χ2v) is 0.447. The van der Waals surface area contributed by atoms with E-state index in [-0.39, 0.29) is 56.4 Å². The Morgan fingerprint density at radius 3 is 0.533 bits per heavy atom. The normalized spacial score (nSPS) is 3.20. The predicted octanol–water partition coefficient (Wildman–Crippen LogP) is 0.491. The number of hydrogen-bond acceptors (Lipinski definition) is 12. The predicted molar refractivity (Wildman–Crippen MR) is 50.9 cm³/mol. The molecule has 15 heavy (non-hydrogen) atoms. The summed E-state index contributed by atoms with van der Waals surface area (Å²) in [6.45, 7) is 0. The standard InChI is InChI=1S/2NO3.6H3N.Zn/c2*2-1(3)4;;;;;;;/h;;6*1H3;/q2*-1;;;;;;;+2. The topological polar surface area (TPSA) is 342 Å². The Kier molecular flexibility index (Phi) is 509. The first kappa shape index (κ1) is 98.4. The second kappa shape index (κ2) is 77.6. The third-order valence-corrected chi connectivity index (χ3v) is 0. The van der Waals surface area contributed by atoms with Crippen LogP contribution in [0.1, 0.15) is 0 Å². The van der Waals surface area contributed by atoms with Gasteiger partial charge >= 0.3 is 19.5 Å². The Bertz CT molecular complexity index is 77.1. The summed E-state index contributed by atoms with van der Waals surface area (Å²) in [6.07, 6.45) is 0. The van der Waals surface area contributed by atoms with E-state index in [0.717, 1.165) is 0 Å². The van der Waals surface area contributed by atoms with Gasteiger partial charge in [-0.15, -0.1) is 0 Å². The van der Waals surface area contributed by atoms with Crippen LogP contribution in [0.4, 0.5) is 0 Å². The Morgan fingerprint density at radius 1 is 0.533 bits per heavy atom. The van der Waals surface area contributed by atoms with Crippen LogP contribution in [0.3, 0.4) is 0 Å². The smallest absolute Gasteiger partial charge is 0.356 e. The monoisotopic (exact) mass is 290 g/mol. The SMILES string of the molecule is N.N.N.N.N.N.O=[N+]([O-])[O-].O=[N+]([O-])[O-].[Zn+2]. The van der Waals surface area contributed by atoms with E-state index >= 15 is 0 Å². The van der Waals surface area contributed by atoms with Crippen LogP contribution in [0.15, 0.2) is 0 Å². The van der Waals surface area contributed by atoms with Gasteiger partial charge in [-0.2, -0.15) is 0 Å². The molecule has 96 valence electrons. The molecule has 0 rings (SSSR count). The minimum Gasteiger partial charge on any atom is -0.356 e. The Hall–Kier alpha value is -1.22. The maximum Gasteiger partial charge on any atom is 2.00 e. The summed E-state index contributed by atoms with van der Waals surface area (Å²) in [4.78, 5) is 16.5. The summed E-state index contributed by atoms with van der Waals surface area (Å²) in [5, 5.41) is 29.5. The first-order valence-corrected chi connectivity index (χ1v) is 1.10. The number of nitrogens with zero attached hydrogens (tertiary/aromatic N) is 2. The molecule has 0 saturated heterocycles. The molecular weight excluding hydrogens is 273 g/mol. The Labute approximate surface area is 97.9 Å². The maximum atomic E-state index is 8.25. The molecule has 0 aromatic rings. The van der Waals surface area contributed by atoms with E-state index in [4.69, 9.17) is 30.6 Å². The summed E-state index contributed by atoms with van der Waals surface area (Å²) in [6, 6.07) is 0. The van der Waals surface area contributed by atoms with Crippen molar-refractivity contribution >= 4 is 0 Å². The summed E-state index contributed by atoms with van der Waals surface area (Å²) in [5.41, 5.74) is 0. The van der Waals surface area contributed by atoms with E-state index in [9.17, 15) is 0 Å². The summed E-state index contributed by atoms with van der Waals surface area (Å²) in [7, 11) is 0. The molecule has 0 heterocycles. The third kappa shape index (κ3) is 1000. The van der Waals surface area contributed by atoms with E-state index in [1.807, 2.05) is 0 Å². The third-order valence-electron chi connectivity index (χ3n) is 0. The molecule has 0 aliphatic rings. The summed E-state index contributed by atoms with van der Waals surface area (Å²) < 4.78 is 0. The number of rotatable bonds is 0. The maximum absolute atomic E-state index is 8.25. The van der Waals surface area contributed by atoms with Crippen LogP contribution in [-0.2, 0) is 19.5 Å². The van der Waals surface area contributed by atoms with E-state index in [1.165, 1.54) is 0 Å². The zero-order chi connectivity index (χ0) is 7.15. The van der Waals surface area contributed by atoms with Crippen LogP contribution in [-0.4, -0.2) is 10.2 Å². The van der Waals surface area contributed by atoms with Crippen molar-refractivity contribution in [2.45, 2.75) is 0 Å². The fourth-order valence-electron chi connectivity index (χ4n) is 0. The van der Waals surface area contributed by atoms with Crippen LogP contribution in [0.2, 0.25) is 0 Å². The molecule has 0 bridgehead atoms. The van der Waals surface area contributed by atoms with Gasteiger partial charge in [0.05, 0.1) is 10.2 Å². The van der Waals surface area contributed by atoms with E-state index < -0.39 is 10.2 Å². The summed E-state index contributed by atoms with van der Waals surface area (Å²) >= 11 is 0. The fourth-order valence-corrected chi connectivity index (χ4v) is 0. The van der Waals surface area contributed by atoms with Gasteiger partial charge in [0.25, 0.3) is 0 Å². The van der Waals surface area contributed by atoms with Gasteiger partial charge in [-0.05, 0) is 0 Å². The number of hydrogen-bond donors (Lipinski definition) is 6. The zero-order valence-corrected chi connectivity index (χ0v) is 11.3. The molecule has 15 heteroatoms. The van der Waals surface area contributed by atoms with Crippen molar-refractivity contribution in [1.82, 2.24) is 36.9 Å². The molecule has 0 unspecified atom stereocenters. The molecule has 0 radical (unpaired) electrons. The second-order valence-electron chi connectivity index (χ2n) is 0.447. The van der Waals surface area contributed by atoms with Crippen molar-refractivity contribution < 1.29 is 29.7 Å². The van der Waals surface area contributed by atoms with Crippen LogP contribution in [0, 0.1) is 30.6 Å². The average Bonchev–Trinajstić information content (AvgIpc) is 1.25. The minimum atomic E-state index is -1.75. The molecule has 0 aliphatic heterocycles. The zero-order valence-electron chi connectivity index (χ0n) is 8.29. The quantitative estimate of drug-likeness (QED) is 0.201. The van der Waals surface area contributed by atoms with Crippen LogP contribution in [0.25, 0.3) is 0 Å². The van der Waals surface area contributed by atoms with Crippen molar-refractivity contribution in [3.8, 4) is 0 Å². The van der Waals surface area contributed by atoms with Crippen molar-refractivity contribution in [1.29, 1.82) is 0 Å². The van der Waals surface area contributed by atoms with Gasteiger partial charge < -0.3 is 67.5 Å². The summed E-state index contributed by atoms with van der Waals surface area (Å²) in [5.74, 6) is 0. The molecule has 18 N–H and O–H groups in total. The first-order chi connectivity index (χ1) is 3.46. The van der Waals surface area contributed by atoms with Gasteiger partial charge in [0.1, 0.15) is 0 Å². The van der Waals surface area contributed by atoms with Crippen molar-refractivity contribution in [2.24, 2.45) is 0 Å². The van der Waals surface area contributed by atoms with Gasteiger partial charge in [-0.1, -0.05) is 0 Å². The Morgan fingerprint density at radius 2 is 0.533 bits per heavy atom. The molecule has 0 aromatic carbocycles. The molecule has 0 spiro atoms. The average molecular weight is 292 g/mol. The van der Waals surface area contributed by atoms with Crippen molar-refractivity contribution in [2.75, 3.05) is 0 Å². The van der Waals surface area contributed by atoms with Gasteiger partial charge in [0.2, 0.25) is 0 Å². The van der Waals surface area contributed by atoms with Gasteiger partial charge in [0.15, 0.2) is 0 Å². The molecule has 0 saturated carbocycles. The molecule has 0 aliphatic carbocycles. The van der Waals surface area contributed by atoms with E-state index in [0.29, 0.717) is 0 Å². The molecule has 0 amide bonds. The fraction of sp³-hybridized carbons (Fsp3) is 0. The molecule has 0 aromatic heterocycles. The first-order valence-electron chi connectivity index (χ1n) is 1.10. The minimum absolute atomic E-state index is 0. The van der Waals surface area contributed by atoms with Crippen molar-refractivity contribution in [3.63, 3.8) is 0 Å². The van der Waals surface area contributed by atoms with Crippen LogP contribution >= 0.6 is 0 Å². The molecule has 0 atom stereocenters. The Balaban J connectivity index is -0.00000000468. The molecule has 0 fully saturated rings. The molecular formula is H18N8O6Zn. The van der Waals surface area contributed by atoms with E-state index in [1.54, 1.807) is 0 Å². The van der Waals surface area contributed by atoms with Gasteiger partial charge in [0, 0.05) is 0 Å². The largest absolute Gasteiger partial charge is 2.00 e.